The summed E-state index contributed by atoms with van der Waals surface area (Å²) in [5.41, 5.74) is 2.00. The second-order valence-electron chi connectivity index (χ2n) is 4.73. The van der Waals surface area contributed by atoms with Crippen LogP contribution in [-0.2, 0) is 9.59 Å². The zero-order valence-electron chi connectivity index (χ0n) is 11.7. The molecule has 1 aliphatic heterocycles. The lowest BCUT2D eigenvalue weighted by molar-refractivity contribution is -0.145. The fraction of sp³-hybridized carbons (Fsp3) is 0.267. The van der Waals surface area contributed by atoms with Gasteiger partial charge in [-0.3, -0.25) is 9.69 Å². The second kappa shape index (κ2) is 6.41. The van der Waals surface area contributed by atoms with E-state index in [-0.39, 0.29) is 5.91 Å². The fourth-order valence-corrected chi connectivity index (χ4v) is 3.48. The molecule has 0 aliphatic carbocycles. The van der Waals surface area contributed by atoms with E-state index in [4.69, 9.17) is 12.2 Å². The zero-order chi connectivity index (χ0) is 15.6. The normalized spacial score (nSPS) is 18.4. The number of hydrogen-bond donors (Lipinski definition) is 1. The Morgan fingerprint density at radius 1 is 1.52 bits per heavy atom. The molecule has 0 saturated carbocycles. The third-order valence-electron chi connectivity index (χ3n) is 3.15. The minimum absolute atomic E-state index is 0.299. The number of rotatable bonds is 4. The molecule has 1 fully saturated rings. The summed E-state index contributed by atoms with van der Waals surface area (Å²) in [5.74, 6) is -1.37. The van der Waals surface area contributed by atoms with E-state index in [1.807, 2.05) is 31.2 Å². The van der Waals surface area contributed by atoms with Crippen molar-refractivity contribution in [3.63, 3.8) is 0 Å². The molecule has 1 atom stereocenters. The molecule has 21 heavy (non-hydrogen) atoms. The molecule has 2 rings (SSSR count). The number of carboxylic acid groups (broad SMARTS) is 1. The maximum absolute atomic E-state index is 12.4. The first-order valence-electron chi connectivity index (χ1n) is 6.50. The quantitative estimate of drug-likeness (QED) is 0.682. The largest absolute Gasteiger partial charge is 0.480 e. The highest BCUT2D eigenvalue weighted by atomic mass is 32.2. The Hall–Kier alpha value is -1.66. The van der Waals surface area contributed by atoms with E-state index in [9.17, 15) is 14.7 Å². The second-order valence-corrected chi connectivity index (χ2v) is 6.40. The van der Waals surface area contributed by atoms with Crippen LogP contribution in [0.25, 0.3) is 6.08 Å². The summed E-state index contributed by atoms with van der Waals surface area (Å²) in [7, 11) is 0. The molecule has 110 valence electrons. The van der Waals surface area contributed by atoms with Crippen molar-refractivity contribution in [1.29, 1.82) is 0 Å². The van der Waals surface area contributed by atoms with E-state index >= 15 is 0 Å². The number of aryl methyl sites for hydroxylation is 1. The van der Waals surface area contributed by atoms with Crippen LogP contribution in [0.3, 0.4) is 0 Å². The summed E-state index contributed by atoms with van der Waals surface area (Å²) in [4.78, 5) is 25.3. The number of thiocarbonyl (C=S) groups is 1. The maximum atomic E-state index is 12.4. The van der Waals surface area contributed by atoms with Crippen molar-refractivity contribution in [3.05, 3.63) is 40.3 Å². The highest BCUT2D eigenvalue weighted by Crippen LogP contribution is 2.34. The molecule has 0 unspecified atom stereocenters. The molecule has 1 heterocycles. The van der Waals surface area contributed by atoms with Crippen LogP contribution in [-0.4, -0.2) is 32.2 Å². The number of hydrogen-bond acceptors (Lipinski definition) is 4. The van der Waals surface area contributed by atoms with Gasteiger partial charge >= 0.3 is 5.97 Å². The van der Waals surface area contributed by atoms with Gasteiger partial charge < -0.3 is 5.11 Å². The van der Waals surface area contributed by atoms with Crippen molar-refractivity contribution in [2.75, 3.05) is 0 Å². The molecule has 1 N–H and O–H groups in total. The first-order valence-corrected chi connectivity index (χ1v) is 7.73. The Morgan fingerprint density at radius 3 is 2.81 bits per heavy atom. The molecule has 0 radical (unpaired) electrons. The highest BCUT2D eigenvalue weighted by Gasteiger charge is 2.39. The van der Waals surface area contributed by atoms with Gasteiger partial charge in [0.15, 0.2) is 0 Å². The van der Waals surface area contributed by atoms with Crippen LogP contribution in [0.5, 0.6) is 0 Å². The molecular formula is C15H15NO3S2. The van der Waals surface area contributed by atoms with E-state index in [1.54, 1.807) is 13.0 Å². The monoisotopic (exact) mass is 321 g/mol. The minimum Gasteiger partial charge on any atom is -0.480 e. The molecule has 0 bridgehead atoms. The molecule has 4 nitrogen and oxygen atoms in total. The molecule has 1 aromatic carbocycles. The molecular weight excluding hydrogens is 306 g/mol. The number of carbonyl (C=O) groups is 2. The van der Waals surface area contributed by atoms with Crippen LogP contribution >= 0.6 is 24.0 Å². The number of aliphatic carboxylic acids is 1. The van der Waals surface area contributed by atoms with Gasteiger partial charge in [0.1, 0.15) is 10.4 Å². The number of carbonyl (C=O) groups excluding carboxylic acids is 1. The van der Waals surface area contributed by atoms with Crippen LogP contribution in [0.2, 0.25) is 0 Å². The lowest BCUT2D eigenvalue weighted by Gasteiger charge is -2.21. The van der Waals surface area contributed by atoms with Gasteiger partial charge in [-0.05, 0) is 25.0 Å². The maximum Gasteiger partial charge on any atom is 0.326 e. The average molecular weight is 321 g/mol. The van der Waals surface area contributed by atoms with Gasteiger partial charge in [0.25, 0.3) is 5.91 Å². The van der Waals surface area contributed by atoms with Crippen molar-refractivity contribution in [1.82, 2.24) is 4.90 Å². The molecule has 0 aromatic heterocycles. The Morgan fingerprint density at radius 2 is 2.24 bits per heavy atom. The number of nitrogens with zero attached hydrogens (tertiary/aromatic N) is 1. The molecule has 1 aliphatic rings. The summed E-state index contributed by atoms with van der Waals surface area (Å²) in [6.07, 6.45) is 2.07. The Kier molecular flexibility index (Phi) is 4.80. The van der Waals surface area contributed by atoms with E-state index in [0.29, 0.717) is 15.6 Å². The molecule has 1 saturated heterocycles. The van der Waals surface area contributed by atoms with E-state index in [2.05, 4.69) is 0 Å². The first kappa shape index (κ1) is 15.7. The van der Waals surface area contributed by atoms with Gasteiger partial charge in [-0.2, -0.15) is 0 Å². The third kappa shape index (κ3) is 3.33. The standard InChI is InChI=1S/C15H15NO3S2/c1-3-11(14(18)19)16-13(17)12(21-15(16)20)8-10-6-4-5-9(2)7-10/h4-8,11H,3H2,1-2H3,(H,18,19)/b12-8+/t11-/m1/s1. The van der Waals surface area contributed by atoms with Crippen molar-refractivity contribution >= 4 is 46.3 Å². The van der Waals surface area contributed by atoms with Crippen molar-refractivity contribution < 1.29 is 14.7 Å². The van der Waals surface area contributed by atoms with Crippen molar-refractivity contribution in [2.24, 2.45) is 0 Å². The van der Waals surface area contributed by atoms with E-state index < -0.39 is 12.0 Å². The Labute approximate surface area is 132 Å². The fourth-order valence-electron chi connectivity index (χ4n) is 2.13. The van der Waals surface area contributed by atoms with Crippen molar-refractivity contribution in [3.8, 4) is 0 Å². The summed E-state index contributed by atoms with van der Waals surface area (Å²) < 4.78 is 0.299. The van der Waals surface area contributed by atoms with E-state index in [0.717, 1.165) is 22.9 Å². The number of thioether (sulfide) groups is 1. The van der Waals surface area contributed by atoms with Crippen LogP contribution < -0.4 is 0 Å². The lowest BCUT2D eigenvalue weighted by atomic mass is 10.1. The number of benzene rings is 1. The summed E-state index contributed by atoms with van der Waals surface area (Å²) in [5, 5.41) is 9.20. The first-order chi connectivity index (χ1) is 9.93. The van der Waals surface area contributed by atoms with Gasteiger partial charge in [-0.15, -0.1) is 0 Å². The predicted octanol–water partition coefficient (Wildman–Crippen LogP) is 3.06. The smallest absolute Gasteiger partial charge is 0.326 e. The topological polar surface area (TPSA) is 57.6 Å². The SMILES string of the molecule is CC[C@H](C(=O)O)N1C(=O)/C(=C\c2cccc(C)c2)SC1=S. The van der Waals surface area contributed by atoms with Gasteiger partial charge in [0.2, 0.25) is 0 Å². The lowest BCUT2D eigenvalue weighted by Crippen LogP contribution is -2.43. The summed E-state index contributed by atoms with van der Waals surface area (Å²) in [6, 6.07) is 6.84. The third-order valence-corrected chi connectivity index (χ3v) is 4.48. The number of carboxylic acids is 1. The van der Waals surface area contributed by atoms with Gasteiger partial charge in [-0.25, -0.2) is 4.79 Å². The van der Waals surface area contributed by atoms with Crippen LogP contribution in [0.15, 0.2) is 29.2 Å². The van der Waals surface area contributed by atoms with Gasteiger partial charge in [-0.1, -0.05) is 60.7 Å². The molecule has 1 amide bonds. The number of amides is 1. The zero-order valence-corrected chi connectivity index (χ0v) is 13.3. The van der Waals surface area contributed by atoms with Crippen LogP contribution in [0.1, 0.15) is 24.5 Å². The summed E-state index contributed by atoms with van der Waals surface area (Å²) >= 11 is 6.31. The van der Waals surface area contributed by atoms with Gasteiger partial charge in [0, 0.05) is 0 Å². The van der Waals surface area contributed by atoms with E-state index in [1.165, 1.54) is 4.90 Å². The Bertz CT molecular complexity index is 640. The molecule has 6 heteroatoms. The molecule has 0 spiro atoms. The van der Waals surface area contributed by atoms with Gasteiger partial charge in [0.05, 0.1) is 4.91 Å². The van der Waals surface area contributed by atoms with Crippen LogP contribution in [0.4, 0.5) is 0 Å². The Balaban J connectivity index is 2.31. The average Bonchev–Trinajstić information content (AvgIpc) is 2.67. The minimum atomic E-state index is -1.04. The van der Waals surface area contributed by atoms with Crippen molar-refractivity contribution in [2.45, 2.75) is 26.3 Å². The summed E-state index contributed by atoms with van der Waals surface area (Å²) in [6.45, 7) is 3.70. The van der Waals surface area contributed by atoms with Crippen LogP contribution in [0, 0.1) is 6.92 Å². The molecule has 1 aromatic rings. The highest BCUT2D eigenvalue weighted by molar-refractivity contribution is 8.26. The predicted molar refractivity (Wildman–Crippen MR) is 87.9 cm³/mol.